The van der Waals surface area contributed by atoms with E-state index in [1.54, 1.807) is 18.2 Å². The number of aliphatic hydroxyl groups is 1. The van der Waals surface area contributed by atoms with Crippen LogP contribution in [0, 0.1) is 0 Å². The second kappa shape index (κ2) is 8.70. The van der Waals surface area contributed by atoms with Crippen LogP contribution >= 0.6 is 0 Å². The lowest BCUT2D eigenvalue weighted by Gasteiger charge is -2.36. The quantitative estimate of drug-likeness (QED) is 0.651. The molecule has 166 valence electrons. The van der Waals surface area contributed by atoms with Crippen molar-refractivity contribution in [2.75, 3.05) is 29.5 Å². The molecule has 2 aromatic carbocycles. The van der Waals surface area contributed by atoms with Crippen molar-refractivity contribution >= 4 is 11.9 Å². The number of aromatic nitrogens is 3. The maximum atomic E-state index is 13.7. The summed E-state index contributed by atoms with van der Waals surface area (Å²) in [5.41, 5.74) is 2.89. The molecule has 3 aromatic rings. The van der Waals surface area contributed by atoms with E-state index in [2.05, 4.69) is 17.1 Å². The van der Waals surface area contributed by atoms with Gasteiger partial charge >= 0.3 is 0 Å². The summed E-state index contributed by atoms with van der Waals surface area (Å²) in [6.07, 6.45) is 0.752. The van der Waals surface area contributed by atoms with Gasteiger partial charge in [0.1, 0.15) is 11.9 Å². The average Bonchev–Trinajstić information content (AvgIpc) is 2.83. The van der Waals surface area contributed by atoms with Gasteiger partial charge < -0.3 is 20.0 Å². The molecule has 32 heavy (non-hydrogen) atoms. The molecule has 1 fully saturated rings. The van der Waals surface area contributed by atoms with Gasteiger partial charge in [0.2, 0.25) is 11.9 Å². The van der Waals surface area contributed by atoms with Crippen molar-refractivity contribution in [3.05, 3.63) is 59.7 Å². The third-order valence-electron chi connectivity index (χ3n) is 6.29. The number of nitrogens with zero attached hydrogens (tertiary/aromatic N) is 5. The first-order valence-electron chi connectivity index (χ1n) is 11.0. The molecular formula is C24H26FN5O2. The van der Waals surface area contributed by atoms with E-state index < -0.39 is 6.17 Å². The lowest BCUT2D eigenvalue weighted by molar-refractivity contribution is 0.252. The molecule has 0 spiro atoms. The monoisotopic (exact) mass is 435 g/mol. The molecule has 1 aromatic heterocycles. The first kappa shape index (κ1) is 20.6. The molecule has 3 heterocycles. The number of fused-ring (bicyclic) bond motifs is 1. The smallest absolute Gasteiger partial charge is 0.231 e. The van der Waals surface area contributed by atoms with Crippen LogP contribution in [0.15, 0.2) is 48.5 Å². The van der Waals surface area contributed by atoms with E-state index in [1.165, 1.54) is 11.1 Å². The van der Waals surface area contributed by atoms with Gasteiger partial charge in [0.15, 0.2) is 5.82 Å². The number of halogens is 1. The number of benzene rings is 2. The zero-order valence-electron chi connectivity index (χ0n) is 17.7. The van der Waals surface area contributed by atoms with Crippen LogP contribution in [0.1, 0.15) is 24.0 Å². The second-order valence-corrected chi connectivity index (χ2v) is 8.37. The molecule has 2 aliphatic heterocycles. The summed E-state index contributed by atoms with van der Waals surface area (Å²) in [7, 11) is 0. The second-order valence-electron chi connectivity index (χ2n) is 8.37. The number of alkyl halides is 1. The summed E-state index contributed by atoms with van der Waals surface area (Å²) in [6.45, 7) is 1.58. The first-order chi connectivity index (χ1) is 15.6. The van der Waals surface area contributed by atoms with Crippen LogP contribution in [0.5, 0.6) is 5.75 Å². The highest BCUT2D eigenvalue weighted by Crippen LogP contribution is 2.32. The Morgan fingerprint density at radius 2 is 1.59 bits per heavy atom. The van der Waals surface area contributed by atoms with Crippen LogP contribution < -0.4 is 9.80 Å². The fourth-order valence-corrected chi connectivity index (χ4v) is 4.44. The van der Waals surface area contributed by atoms with Gasteiger partial charge in [0, 0.05) is 19.6 Å². The molecule has 2 aliphatic rings. The SMILES string of the molecule is OC[C@H]1Cc2ccccc2CN1c1nc(-c2ccccc2O)nc(N2CCC(F)CC2)n1. The Kier molecular flexibility index (Phi) is 5.61. The summed E-state index contributed by atoms with van der Waals surface area (Å²) < 4.78 is 13.7. The minimum atomic E-state index is -0.803. The molecule has 7 nitrogen and oxygen atoms in total. The lowest BCUT2D eigenvalue weighted by atomic mass is 9.94. The molecule has 5 rings (SSSR count). The van der Waals surface area contributed by atoms with Gasteiger partial charge in [-0.25, -0.2) is 4.39 Å². The number of hydrogen-bond donors (Lipinski definition) is 2. The minimum Gasteiger partial charge on any atom is -0.507 e. The summed E-state index contributed by atoms with van der Waals surface area (Å²) >= 11 is 0. The number of phenolic OH excluding ortho intramolecular Hbond substituents is 1. The van der Waals surface area contributed by atoms with Crippen molar-refractivity contribution in [3.8, 4) is 17.1 Å². The van der Waals surface area contributed by atoms with Crippen molar-refractivity contribution in [1.29, 1.82) is 0 Å². The van der Waals surface area contributed by atoms with Gasteiger partial charge in [-0.05, 0) is 42.5 Å². The Morgan fingerprint density at radius 1 is 0.906 bits per heavy atom. The lowest BCUT2D eigenvalue weighted by Crippen LogP contribution is -2.44. The van der Waals surface area contributed by atoms with E-state index in [-0.39, 0.29) is 18.4 Å². The van der Waals surface area contributed by atoms with E-state index in [0.29, 0.717) is 62.2 Å². The van der Waals surface area contributed by atoms with Gasteiger partial charge in [0.05, 0.1) is 18.2 Å². The van der Waals surface area contributed by atoms with Gasteiger partial charge in [0.25, 0.3) is 0 Å². The topological polar surface area (TPSA) is 85.6 Å². The van der Waals surface area contributed by atoms with Gasteiger partial charge in [-0.1, -0.05) is 36.4 Å². The zero-order valence-corrected chi connectivity index (χ0v) is 17.7. The fourth-order valence-electron chi connectivity index (χ4n) is 4.44. The predicted molar refractivity (Wildman–Crippen MR) is 120 cm³/mol. The number of phenols is 1. The third kappa shape index (κ3) is 3.98. The first-order valence-corrected chi connectivity index (χ1v) is 11.0. The fraction of sp³-hybridized carbons (Fsp3) is 0.375. The molecule has 0 radical (unpaired) electrons. The van der Waals surface area contributed by atoms with E-state index in [1.807, 2.05) is 28.0 Å². The molecule has 0 unspecified atom stereocenters. The van der Waals surface area contributed by atoms with Gasteiger partial charge in [-0.3, -0.25) is 0 Å². The van der Waals surface area contributed by atoms with Gasteiger partial charge in [-0.2, -0.15) is 15.0 Å². The summed E-state index contributed by atoms with van der Waals surface area (Å²) in [5.74, 6) is 1.36. The average molecular weight is 436 g/mol. The highest BCUT2D eigenvalue weighted by atomic mass is 19.1. The van der Waals surface area contributed by atoms with E-state index in [0.717, 1.165) is 0 Å². The van der Waals surface area contributed by atoms with E-state index in [9.17, 15) is 14.6 Å². The largest absolute Gasteiger partial charge is 0.507 e. The molecule has 0 amide bonds. The predicted octanol–water partition coefficient (Wildman–Crippen LogP) is 3.11. The molecule has 2 N–H and O–H groups in total. The molecular weight excluding hydrogens is 409 g/mol. The number of aromatic hydroxyl groups is 1. The summed E-state index contributed by atoms with van der Waals surface area (Å²) in [6, 6.07) is 14.9. The van der Waals surface area contributed by atoms with Crippen molar-refractivity contribution in [1.82, 2.24) is 15.0 Å². The normalized spacial score (nSPS) is 19.1. The number of piperidine rings is 1. The Hall–Kier alpha value is -3.26. The van der Waals surface area contributed by atoms with Crippen LogP contribution in [0.25, 0.3) is 11.4 Å². The standard InChI is InChI=1S/C24H26FN5O2/c25-18-9-11-29(12-10-18)23-26-22(20-7-3-4-8-21(20)32)27-24(28-23)30-14-17-6-2-1-5-16(17)13-19(30)15-31/h1-8,18-19,31-32H,9-15H2/t19-/m1/s1. The van der Waals surface area contributed by atoms with Gasteiger partial charge in [-0.15, -0.1) is 0 Å². The Balaban J connectivity index is 1.59. The number of hydrogen-bond acceptors (Lipinski definition) is 7. The molecule has 8 heteroatoms. The van der Waals surface area contributed by atoms with Crippen LogP contribution in [-0.4, -0.2) is 57.1 Å². The van der Waals surface area contributed by atoms with E-state index >= 15 is 0 Å². The summed E-state index contributed by atoms with van der Waals surface area (Å²) in [4.78, 5) is 18.1. The minimum absolute atomic E-state index is 0.0332. The van der Waals surface area contributed by atoms with Crippen molar-refractivity contribution in [2.45, 2.75) is 38.0 Å². The zero-order chi connectivity index (χ0) is 22.1. The van der Waals surface area contributed by atoms with Crippen molar-refractivity contribution in [2.24, 2.45) is 0 Å². The van der Waals surface area contributed by atoms with Crippen LogP contribution in [0.4, 0.5) is 16.3 Å². The van der Waals surface area contributed by atoms with Crippen LogP contribution in [0.3, 0.4) is 0 Å². The Bertz CT molecular complexity index is 1100. The maximum absolute atomic E-state index is 13.7. The number of anilines is 2. The molecule has 0 bridgehead atoms. The summed E-state index contributed by atoms with van der Waals surface area (Å²) in [5, 5.41) is 20.5. The number of para-hydroxylation sites is 1. The van der Waals surface area contributed by atoms with Crippen molar-refractivity contribution in [3.63, 3.8) is 0 Å². The Labute approximate surface area is 186 Å². The van der Waals surface area contributed by atoms with E-state index in [4.69, 9.17) is 9.97 Å². The number of aliphatic hydroxyl groups excluding tert-OH is 1. The Morgan fingerprint density at radius 3 is 2.34 bits per heavy atom. The molecule has 0 saturated carbocycles. The third-order valence-corrected chi connectivity index (χ3v) is 6.29. The highest BCUT2D eigenvalue weighted by Gasteiger charge is 2.30. The molecule has 1 saturated heterocycles. The molecule has 0 aliphatic carbocycles. The highest BCUT2D eigenvalue weighted by molar-refractivity contribution is 5.65. The van der Waals surface area contributed by atoms with Crippen LogP contribution in [-0.2, 0) is 13.0 Å². The maximum Gasteiger partial charge on any atom is 0.231 e. The van der Waals surface area contributed by atoms with Crippen molar-refractivity contribution < 1.29 is 14.6 Å². The molecule has 1 atom stereocenters. The van der Waals surface area contributed by atoms with Crippen LogP contribution in [0.2, 0.25) is 0 Å². The number of rotatable bonds is 4.